The van der Waals surface area contributed by atoms with Crippen LogP contribution in [0.4, 0.5) is 4.79 Å². The molecular formula is C21H25N3O2. The van der Waals surface area contributed by atoms with Crippen molar-refractivity contribution in [2.75, 3.05) is 0 Å². The van der Waals surface area contributed by atoms with Gasteiger partial charge in [-0.1, -0.05) is 36.8 Å². The van der Waals surface area contributed by atoms with E-state index in [2.05, 4.69) is 5.32 Å². The van der Waals surface area contributed by atoms with Crippen molar-refractivity contribution in [3.63, 3.8) is 0 Å². The van der Waals surface area contributed by atoms with Crippen molar-refractivity contribution >= 4 is 6.09 Å². The van der Waals surface area contributed by atoms with Gasteiger partial charge in [-0.25, -0.2) is 4.79 Å². The molecule has 26 heavy (non-hydrogen) atoms. The number of carbonyl (C=O) groups is 1. The minimum absolute atomic E-state index is 0.0898. The second-order valence-corrected chi connectivity index (χ2v) is 7.51. The highest BCUT2D eigenvalue weighted by molar-refractivity contribution is 5.68. The Labute approximate surface area is 155 Å². The highest BCUT2D eigenvalue weighted by atomic mass is 16.6. The average Bonchev–Trinajstić information content (AvgIpc) is 2.61. The molecule has 1 fully saturated rings. The summed E-state index contributed by atoms with van der Waals surface area (Å²) in [7, 11) is 0. The van der Waals surface area contributed by atoms with Crippen LogP contribution in [-0.4, -0.2) is 11.7 Å². The van der Waals surface area contributed by atoms with Crippen molar-refractivity contribution < 1.29 is 9.53 Å². The number of rotatable bonds is 3. The van der Waals surface area contributed by atoms with Gasteiger partial charge in [-0.15, -0.1) is 0 Å². The van der Waals surface area contributed by atoms with Crippen LogP contribution in [0.15, 0.2) is 41.5 Å². The van der Waals surface area contributed by atoms with Crippen molar-refractivity contribution in [1.29, 1.82) is 10.5 Å². The minimum Gasteiger partial charge on any atom is -0.444 e. The zero-order valence-corrected chi connectivity index (χ0v) is 15.6. The number of benzene rings is 1. The van der Waals surface area contributed by atoms with Crippen LogP contribution in [0.1, 0.15) is 58.1 Å². The number of nitrogens with one attached hydrogen (secondary N) is 1. The van der Waals surface area contributed by atoms with Gasteiger partial charge >= 0.3 is 6.09 Å². The Morgan fingerprint density at radius 3 is 2.42 bits per heavy atom. The molecule has 1 aromatic rings. The predicted octanol–water partition coefficient (Wildman–Crippen LogP) is 4.79. The summed E-state index contributed by atoms with van der Waals surface area (Å²) >= 11 is 0. The predicted molar refractivity (Wildman–Crippen MR) is 98.8 cm³/mol. The zero-order chi connectivity index (χ0) is 19.2. The SMILES string of the molecule is CC(C)(C)OC(=O)NC(c1ccccc1)C1CCCCC1=C(C#N)C#N. The molecule has 0 aromatic heterocycles. The van der Waals surface area contributed by atoms with Gasteiger partial charge in [0, 0.05) is 5.92 Å². The topological polar surface area (TPSA) is 85.9 Å². The first-order valence-electron chi connectivity index (χ1n) is 8.93. The Morgan fingerprint density at radius 1 is 1.19 bits per heavy atom. The van der Waals surface area contributed by atoms with Crippen LogP contribution in [0.25, 0.3) is 0 Å². The first-order chi connectivity index (χ1) is 12.4. The standard InChI is InChI=1S/C21H25N3O2/c1-21(2,3)26-20(25)24-19(15-9-5-4-6-10-15)18-12-8-7-11-17(18)16(13-22)14-23/h4-6,9-10,18-19H,7-8,11-12H2,1-3H3,(H,24,25). The smallest absolute Gasteiger partial charge is 0.408 e. The van der Waals surface area contributed by atoms with Gasteiger partial charge in [0.15, 0.2) is 0 Å². The maximum atomic E-state index is 12.4. The van der Waals surface area contributed by atoms with E-state index in [1.807, 2.05) is 63.2 Å². The number of hydrogen-bond donors (Lipinski definition) is 1. The number of nitriles is 2. The van der Waals surface area contributed by atoms with E-state index in [4.69, 9.17) is 4.74 Å². The van der Waals surface area contributed by atoms with Gasteiger partial charge in [-0.3, -0.25) is 0 Å². The van der Waals surface area contributed by atoms with Gasteiger partial charge in [0.05, 0.1) is 6.04 Å². The fourth-order valence-electron chi connectivity index (χ4n) is 3.40. The molecule has 1 aliphatic carbocycles. The largest absolute Gasteiger partial charge is 0.444 e. The van der Waals surface area contributed by atoms with E-state index in [1.165, 1.54) is 0 Å². The second kappa shape index (κ2) is 8.54. The molecule has 0 saturated heterocycles. The monoisotopic (exact) mass is 351 g/mol. The van der Waals surface area contributed by atoms with Gasteiger partial charge in [-0.2, -0.15) is 10.5 Å². The molecule has 1 saturated carbocycles. The fraction of sp³-hybridized carbons (Fsp3) is 0.476. The molecule has 2 atom stereocenters. The van der Waals surface area contributed by atoms with E-state index in [1.54, 1.807) is 0 Å². The normalized spacial score (nSPS) is 18.2. The summed E-state index contributed by atoms with van der Waals surface area (Å²) in [6, 6.07) is 13.4. The zero-order valence-electron chi connectivity index (χ0n) is 15.6. The van der Waals surface area contributed by atoms with Gasteiger partial charge in [0.1, 0.15) is 23.3 Å². The Kier molecular flexibility index (Phi) is 6.41. The number of nitrogens with zero attached hydrogens (tertiary/aromatic N) is 2. The maximum Gasteiger partial charge on any atom is 0.408 e. The van der Waals surface area contributed by atoms with Gasteiger partial charge in [0.25, 0.3) is 0 Å². The average molecular weight is 351 g/mol. The molecule has 0 heterocycles. The number of amides is 1. The Balaban J connectivity index is 2.40. The summed E-state index contributed by atoms with van der Waals surface area (Å²) in [4.78, 5) is 12.4. The molecule has 2 unspecified atom stereocenters. The number of ether oxygens (including phenoxy) is 1. The first-order valence-corrected chi connectivity index (χ1v) is 8.93. The highest BCUT2D eigenvalue weighted by Gasteiger charge is 2.33. The third-order valence-corrected chi connectivity index (χ3v) is 4.44. The van der Waals surface area contributed by atoms with Gasteiger partial charge < -0.3 is 10.1 Å². The van der Waals surface area contributed by atoms with E-state index < -0.39 is 11.7 Å². The Hall–Kier alpha value is -2.79. The fourth-order valence-corrected chi connectivity index (χ4v) is 3.40. The lowest BCUT2D eigenvalue weighted by Crippen LogP contribution is -2.39. The lowest BCUT2D eigenvalue weighted by Gasteiger charge is -2.34. The number of hydrogen-bond acceptors (Lipinski definition) is 4. The lowest BCUT2D eigenvalue weighted by molar-refractivity contribution is 0.0486. The van der Waals surface area contributed by atoms with Crippen molar-refractivity contribution in [3.8, 4) is 12.1 Å². The summed E-state index contributed by atoms with van der Waals surface area (Å²) in [5.74, 6) is -0.0898. The van der Waals surface area contributed by atoms with Crippen molar-refractivity contribution in [1.82, 2.24) is 5.32 Å². The van der Waals surface area contributed by atoms with Crippen LogP contribution in [-0.2, 0) is 4.74 Å². The third-order valence-electron chi connectivity index (χ3n) is 4.44. The summed E-state index contributed by atoms with van der Waals surface area (Å²) in [5.41, 5.74) is 1.35. The highest BCUT2D eigenvalue weighted by Crippen LogP contribution is 2.40. The van der Waals surface area contributed by atoms with E-state index >= 15 is 0 Å². The number of carbonyl (C=O) groups excluding carboxylic acids is 1. The second-order valence-electron chi connectivity index (χ2n) is 7.51. The molecule has 0 radical (unpaired) electrons. The summed E-state index contributed by atoms with van der Waals surface area (Å²) < 4.78 is 5.43. The van der Waals surface area contributed by atoms with Crippen LogP contribution >= 0.6 is 0 Å². The van der Waals surface area contributed by atoms with Crippen LogP contribution in [0.5, 0.6) is 0 Å². The molecule has 0 bridgehead atoms. The molecule has 5 nitrogen and oxygen atoms in total. The molecule has 1 amide bonds. The molecule has 5 heteroatoms. The molecule has 0 spiro atoms. The summed E-state index contributed by atoms with van der Waals surface area (Å²) in [6.07, 6.45) is 2.98. The van der Waals surface area contributed by atoms with Crippen LogP contribution < -0.4 is 5.32 Å². The first kappa shape index (κ1) is 19.5. The van der Waals surface area contributed by atoms with Crippen molar-refractivity contribution in [2.24, 2.45) is 5.92 Å². The van der Waals surface area contributed by atoms with Crippen LogP contribution in [0, 0.1) is 28.6 Å². The van der Waals surface area contributed by atoms with Crippen LogP contribution in [0.3, 0.4) is 0 Å². The van der Waals surface area contributed by atoms with E-state index in [0.29, 0.717) is 6.42 Å². The number of allylic oxidation sites excluding steroid dienone is 1. The summed E-state index contributed by atoms with van der Waals surface area (Å²) in [5, 5.41) is 21.7. The molecule has 1 aliphatic rings. The van der Waals surface area contributed by atoms with Gasteiger partial charge in [-0.05, 0) is 51.2 Å². The summed E-state index contributed by atoms with van der Waals surface area (Å²) in [6.45, 7) is 5.46. The molecule has 1 N–H and O–H groups in total. The molecule has 2 rings (SSSR count). The minimum atomic E-state index is -0.596. The maximum absolute atomic E-state index is 12.4. The van der Waals surface area contributed by atoms with Gasteiger partial charge in [0.2, 0.25) is 0 Å². The van der Waals surface area contributed by atoms with Crippen molar-refractivity contribution in [2.45, 2.75) is 58.1 Å². The molecule has 136 valence electrons. The van der Waals surface area contributed by atoms with E-state index in [0.717, 1.165) is 30.4 Å². The van der Waals surface area contributed by atoms with Crippen molar-refractivity contribution in [3.05, 3.63) is 47.0 Å². The number of alkyl carbamates (subject to hydrolysis) is 1. The molecule has 1 aromatic carbocycles. The van der Waals surface area contributed by atoms with Crippen LogP contribution in [0.2, 0.25) is 0 Å². The lowest BCUT2D eigenvalue weighted by atomic mass is 9.75. The quantitative estimate of drug-likeness (QED) is 0.794. The van der Waals surface area contributed by atoms with E-state index in [-0.39, 0.29) is 17.5 Å². The molecule has 0 aliphatic heterocycles. The Bertz CT molecular complexity index is 732. The molecular weight excluding hydrogens is 326 g/mol. The third kappa shape index (κ3) is 5.10. The van der Waals surface area contributed by atoms with E-state index in [9.17, 15) is 15.3 Å². The Morgan fingerprint density at radius 2 is 1.85 bits per heavy atom.